The number of carbonyl (C=O) groups excluding carboxylic acids is 2. The fourth-order valence-electron chi connectivity index (χ4n) is 3.65. The third-order valence-electron chi connectivity index (χ3n) is 5.32. The maximum Gasteiger partial charge on any atom is 0.260 e. The zero-order valence-electron chi connectivity index (χ0n) is 16.4. The highest BCUT2D eigenvalue weighted by molar-refractivity contribution is 7.88. The first kappa shape index (κ1) is 21.9. The lowest BCUT2D eigenvalue weighted by atomic mass is 9.98. The number of piperidine rings is 1. The Labute approximate surface area is 176 Å². The molecule has 2 aliphatic heterocycles. The van der Waals surface area contributed by atoms with Crippen molar-refractivity contribution >= 4 is 33.4 Å². The van der Waals surface area contributed by atoms with Gasteiger partial charge in [0.1, 0.15) is 5.75 Å². The van der Waals surface area contributed by atoms with Gasteiger partial charge in [-0.2, -0.15) is 0 Å². The van der Waals surface area contributed by atoms with Gasteiger partial charge in [-0.25, -0.2) is 12.7 Å². The van der Waals surface area contributed by atoms with Crippen molar-refractivity contribution < 1.29 is 22.7 Å². The molecule has 0 aliphatic carbocycles. The van der Waals surface area contributed by atoms with E-state index in [9.17, 15) is 18.0 Å². The van der Waals surface area contributed by atoms with E-state index < -0.39 is 10.0 Å². The molecule has 0 aromatic heterocycles. The van der Waals surface area contributed by atoms with Gasteiger partial charge in [0.2, 0.25) is 15.9 Å². The highest BCUT2D eigenvalue weighted by atomic mass is 35.5. The Morgan fingerprint density at radius 3 is 2.31 bits per heavy atom. The minimum absolute atomic E-state index is 0.0251. The van der Waals surface area contributed by atoms with E-state index >= 15 is 0 Å². The Bertz CT molecular complexity index is 838. The van der Waals surface area contributed by atoms with Crippen molar-refractivity contribution in [2.24, 2.45) is 5.92 Å². The van der Waals surface area contributed by atoms with Crippen LogP contribution in [0.2, 0.25) is 5.02 Å². The topological polar surface area (TPSA) is 87.2 Å². The maximum absolute atomic E-state index is 12.8. The number of amides is 2. The van der Waals surface area contributed by atoms with E-state index in [1.807, 2.05) is 0 Å². The van der Waals surface area contributed by atoms with Crippen LogP contribution in [0.25, 0.3) is 0 Å². The van der Waals surface area contributed by atoms with Crippen LogP contribution in [0.1, 0.15) is 12.8 Å². The van der Waals surface area contributed by atoms with Crippen LogP contribution in [0.5, 0.6) is 5.75 Å². The molecule has 160 valence electrons. The van der Waals surface area contributed by atoms with Crippen LogP contribution in [0, 0.1) is 5.92 Å². The summed E-state index contributed by atoms with van der Waals surface area (Å²) in [6, 6.07) is 6.80. The smallest absolute Gasteiger partial charge is 0.260 e. The van der Waals surface area contributed by atoms with Gasteiger partial charge in [0.05, 0.1) is 12.2 Å². The monoisotopic (exact) mass is 443 g/mol. The predicted molar refractivity (Wildman–Crippen MR) is 109 cm³/mol. The predicted octanol–water partition coefficient (Wildman–Crippen LogP) is 1.06. The number of piperazine rings is 1. The average Bonchev–Trinajstić information content (AvgIpc) is 2.72. The molecule has 0 bridgehead atoms. The molecule has 1 unspecified atom stereocenters. The Kier molecular flexibility index (Phi) is 7.02. The summed E-state index contributed by atoms with van der Waals surface area (Å²) in [6.45, 7) is 2.42. The minimum Gasteiger partial charge on any atom is -0.484 e. The van der Waals surface area contributed by atoms with E-state index in [1.54, 1.807) is 34.1 Å². The SMILES string of the molecule is CS(=O)(=O)N1CCCC(C(=O)N2CCN(C(=O)COc3ccc(Cl)cc3)CC2)C1. The van der Waals surface area contributed by atoms with Gasteiger partial charge in [0.15, 0.2) is 6.61 Å². The van der Waals surface area contributed by atoms with Crippen molar-refractivity contribution in [3.63, 3.8) is 0 Å². The standard InChI is InChI=1S/C19H26ClN3O5S/c1-29(26,27)23-8-2-3-15(13-23)19(25)22-11-9-21(10-12-22)18(24)14-28-17-6-4-16(20)5-7-17/h4-7,15H,2-3,8-14H2,1H3. The van der Waals surface area contributed by atoms with Crippen LogP contribution in [0.15, 0.2) is 24.3 Å². The third-order valence-corrected chi connectivity index (χ3v) is 6.84. The van der Waals surface area contributed by atoms with Crippen molar-refractivity contribution in [1.82, 2.24) is 14.1 Å². The van der Waals surface area contributed by atoms with Crippen LogP contribution >= 0.6 is 11.6 Å². The zero-order valence-corrected chi connectivity index (χ0v) is 18.0. The second-order valence-electron chi connectivity index (χ2n) is 7.41. The molecule has 29 heavy (non-hydrogen) atoms. The molecular weight excluding hydrogens is 418 g/mol. The van der Waals surface area contributed by atoms with E-state index in [2.05, 4.69) is 0 Å². The van der Waals surface area contributed by atoms with Crippen molar-refractivity contribution in [3.05, 3.63) is 29.3 Å². The first-order valence-corrected chi connectivity index (χ1v) is 11.9. The molecule has 2 heterocycles. The Morgan fingerprint density at radius 1 is 1.07 bits per heavy atom. The molecule has 8 nitrogen and oxygen atoms in total. The molecule has 2 aliphatic rings. The number of sulfonamides is 1. The first-order chi connectivity index (χ1) is 13.7. The zero-order chi connectivity index (χ0) is 21.0. The molecule has 10 heteroatoms. The largest absolute Gasteiger partial charge is 0.484 e. The summed E-state index contributed by atoms with van der Waals surface area (Å²) in [5.74, 6) is 0.106. The quantitative estimate of drug-likeness (QED) is 0.679. The van der Waals surface area contributed by atoms with Gasteiger partial charge in [0.25, 0.3) is 5.91 Å². The molecule has 0 N–H and O–H groups in total. The number of hydrogen-bond donors (Lipinski definition) is 0. The van der Waals surface area contributed by atoms with Gasteiger partial charge in [-0.3, -0.25) is 9.59 Å². The van der Waals surface area contributed by atoms with Crippen LogP contribution in [0.4, 0.5) is 0 Å². The highest BCUT2D eigenvalue weighted by Gasteiger charge is 2.34. The number of halogens is 1. The number of rotatable bonds is 5. The lowest BCUT2D eigenvalue weighted by Crippen LogP contribution is -2.54. The lowest BCUT2D eigenvalue weighted by molar-refractivity contribution is -0.143. The molecule has 2 amide bonds. The molecule has 0 spiro atoms. The van der Waals surface area contributed by atoms with Gasteiger partial charge in [-0.15, -0.1) is 0 Å². The molecular formula is C19H26ClN3O5S. The summed E-state index contributed by atoms with van der Waals surface area (Å²) in [4.78, 5) is 28.6. The normalized spacial score (nSPS) is 21.1. The highest BCUT2D eigenvalue weighted by Crippen LogP contribution is 2.21. The van der Waals surface area contributed by atoms with E-state index in [0.29, 0.717) is 56.3 Å². The number of carbonyl (C=O) groups is 2. The van der Waals surface area contributed by atoms with E-state index in [0.717, 1.165) is 0 Å². The number of nitrogens with zero attached hydrogens (tertiary/aromatic N) is 3. The number of benzene rings is 1. The van der Waals surface area contributed by atoms with E-state index in [-0.39, 0.29) is 30.9 Å². The average molecular weight is 444 g/mol. The first-order valence-electron chi connectivity index (χ1n) is 9.64. The fraction of sp³-hybridized carbons (Fsp3) is 0.579. The molecule has 1 atom stereocenters. The summed E-state index contributed by atoms with van der Waals surface area (Å²) in [5, 5.41) is 0.599. The van der Waals surface area contributed by atoms with Crippen LogP contribution in [-0.2, 0) is 19.6 Å². The number of hydrogen-bond acceptors (Lipinski definition) is 5. The lowest BCUT2D eigenvalue weighted by Gasteiger charge is -2.38. The van der Waals surface area contributed by atoms with Crippen molar-refractivity contribution in [3.8, 4) is 5.75 Å². The molecule has 1 aromatic carbocycles. The van der Waals surface area contributed by atoms with E-state index in [1.165, 1.54) is 10.6 Å². The van der Waals surface area contributed by atoms with Crippen molar-refractivity contribution in [1.29, 1.82) is 0 Å². The van der Waals surface area contributed by atoms with Gasteiger partial charge in [-0.05, 0) is 37.1 Å². The Balaban J connectivity index is 1.46. The second-order valence-corrected chi connectivity index (χ2v) is 9.83. The van der Waals surface area contributed by atoms with Crippen LogP contribution < -0.4 is 4.74 Å². The van der Waals surface area contributed by atoms with Crippen LogP contribution in [0.3, 0.4) is 0 Å². The van der Waals surface area contributed by atoms with Gasteiger partial charge in [0, 0.05) is 44.3 Å². The third kappa shape index (κ3) is 5.83. The Morgan fingerprint density at radius 2 is 1.69 bits per heavy atom. The van der Waals surface area contributed by atoms with Crippen molar-refractivity contribution in [2.75, 3.05) is 52.1 Å². The second kappa shape index (κ2) is 9.32. The molecule has 0 saturated carbocycles. The number of ether oxygens (including phenoxy) is 1. The molecule has 2 fully saturated rings. The van der Waals surface area contributed by atoms with Gasteiger partial charge >= 0.3 is 0 Å². The molecule has 2 saturated heterocycles. The molecule has 1 aromatic rings. The molecule has 0 radical (unpaired) electrons. The van der Waals surface area contributed by atoms with Crippen molar-refractivity contribution in [2.45, 2.75) is 12.8 Å². The summed E-state index contributed by atoms with van der Waals surface area (Å²) in [7, 11) is -3.29. The Hall–Kier alpha value is -1.84. The summed E-state index contributed by atoms with van der Waals surface area (Å²) in [5.41, 5.74) is 0. The summed E-state index contributed by atoms with van der Waals surface area (Å²) >= 11 is 5.83. The summed E-state index contributed by atoms with van der Waals surface area (Å²) in [6.07, 6.45) is 2.55. The van der Waals surface area contributed by atoms with Crippen LogP contribution in [-0.4, -0.2) is 86.5 Å². The van der Waals surface area contributed by atoms with E-state index in [4.69, 9.17) is 16.3 Å². The minimum atomic E-state index is -3.29. The fourth-order valence-corrected chi connectivity index (χ4v) is 4.68. The molecule has 3 rings (SSSR count). The summed E-state index contributed by atoms with van der Waals surface area (Å²) < 4.78 is 30.4. The van der Waals surface area contributed by atoms with Gasteiger partial charge in [-0.1, -0.05) is 11.6 Å². The van der Waals surface area contributed by atoms with Gasteiger partial charge < -0.3 is 14.5 Å². The maximum atomic E-state index is 12.8.